The van der Waals surface area contributed by atoms with Crippen LogP contribution in [-0.2, 0) is 14.3 Å². The van der Waals surface area contributed by atoms with E-state index in [1.165, 1.54) is 0 Å². The Morgan fingerprint density at radius 1 is 1.67 bits per heavy atom. The smallest absolute Gasteiger partial charge is 0.434 e. The molecule has 0 amide bonds. The summed E-state index contributed by atoms with van der Waals surface area (Å²) in [5.41, 5.74) is 0. The van der Waals surface area contributed by atoms with Gasteiger partial charge < -0.3 is 9.47 Å². The summed E-state index contributed by atoms with van der Waals surface area (Å²) in [5, 5.41) is 0. The normalized spacial score (nSPS) is 8.11. The van der Waals surface area contributed by atoms with Gasteiger partial charge in [0.25, 0.3) is 0 Å². The van der Waals surface area contributed by atoms with E-state index in [2.05, 4.69) is 9.47 Å². The van der Waals surface area contributed by atoms with Gasteiger partial charge in [0.15, 0.2) is 0 Å². The number of ether oxygens (including phenoxy) is 2. The molecule has 0 aromatic carbocycles. The van der Waals surface area contributed by atoms with E-state index in [1.54, 1.807) is 0 Å². The van der Waals surface area contributed by atoms with Crippen LogP contribution in [0.3, 0.4) is 0 Å². The molecule has 9 heavy (non-hydrogen) atoms. The van der Waals surface area contributed by atoms with Crippen LogP contribution >= 0.6 is 0 Å². The Kier molecular flexibility index (Phi) is 4.49. The molecule has 0 bridgehead atoms. The number of hydrogen-bond donors (Lipinski definition) is 0. The average molecular weight is 132 g/mol. The second-order valence-corrected chi connectivity index (χ2v) is 1.31. The van der Waals surface area contributed by atoms with Gasteiger partial charge in [0.05, 0.1) is 6.61 Å². The van der Waals surface area contributed by atoms with Crippen molar-refractivity contribution < 1.29 is 19.1 Å². The summed E-state index contributed by atoms with van der Waals surface area (Å²) >= 11 is 0. The molecule has 4 heteroatoms. The summed E-state index contributed by atoms with van der Waals surface area (Å²) in [6.45, 7) is 2.17. The van der Waals surface area contributed by atoms with Crippen molar-refractivity contribution >= 4 is 12.6 Å². The molecule has 0 N–H and O–H groups in total. The first kappa shape index (κ1) is 7.94. The Morgan fingerprint density at radius 3 is 2.78 bits per heavy atom. The summed E-state index contributed by atoms with van der Waals surface area (Å²) in [6.07, 6.45) is -0.222. The number of hydrogen-bond acceptors (Lipinski definition) is 4. The molecule has 0 aromatic rings. The molecule has 0 aliphatic carbocycles. The molecule has 0 aromatic heterocycles. The van der Waals surface area contributed by atoms with Crippen LogP contribution in [0, 0.1) is 0 Å². The van der Waals surface area contributed by atoms with Crippen LogP contribution in [0.15, 0.2) is 0 Å². The molecule has 0 unspecified atom stereocenters. The third-order valence-corrected chi connectivity index (χ3v) is 0.568. The van der Waals surface area contributed by atoms with Crippen LogP contribution in [-0.4, -0.2) is 19.2 Å². The van der Waals surface area contributed by atoms with Crippen LogP contribution in [0.4, 0.5) is 4.79 Å². The van der Waals surface area contributed by atoms with Crippen molar-refractivity contribution in [1.82, 2.24) is 0 Å². The van der Waals surface area contributed by atoms with Crippen LogP contribution in [0.5, 0.6) is 0 Å². The van der Waals surface area contributed by atoms with Gasteiger partial charge in [0, 0.05) is 0 Å². The van der Waals surface area contributed by atoms with Crippen LogP contribution in [0.25, 0.3) is 0 Å². The van der Waals surface area contributed by atoms with E-state index in [-0.39, 0.29) is 13.1 Å². The van der Waals surface area contributed by atoms with Gasteiger partial charge in [0.1, 0.15) is 0 Å². The molecular weight excluding hydrogens is 124 g/mol. The zero-order valence-electron chi connectivity index (χ0n) is 5.12. The molecule has 0 heterocycles. The van der Waals surface area contributed by atoms with Crippen molar-refractivity contribution in [3.05, 3.63) is 0 Å². The molecule has 0 aliphatic heterocycles. The predicted molar refractivity (Wildman–Crippen MR) is 28.8 cm³/mol. The zero-order chi connectivity index (χ0) is 7.11. The molecule has 4 nitrogen and oxygen atoms in total. The Bertz CT molecular complexity index is 99.1. The van der Waals surface area contributed by atoms with E-state index < -0.39 is 6.16 Å². The molecule has 0 saturated heterocycles. The quantitative estimate of drug-likeness (QED) is 0.322. The van der Waals surface area contributed by atoms with Crippen LogP contribution < -0.4 is 0 Å². The standard InChI is InChI=1S/C5H8O4/c1-2-3-8-5(7)9-4-6/h4H,2-3H2,1H3. The van der Waals surface area contributed by atoms with Crippen LogP contribution in [0.1, 0.15) is 13.3 Å². The summed E-state index contributed by atoms with van der Waals surface area (Å²) in [7, 11) is 0. The maximum Gasteiger partial charge on any atom is 0.515 e. The average Bonchev–Trinajstić information content (AvgIpc) is 1.85. The van der Waals surface area contributed by atoms with E-state index >= 15 is 0 Å². The lowest BCUT2D eigenvalue weighted by Crippen LogP contribution is -2.06. The van der Waals surface area contributed by atoms with Crippen molar-refractivity contribution in [1.29, 1.82) is 0 Å². The lowest BCUT2D eigenvalue weighted by Gasteiger charge is -1.96. The molecule has 0 spiro atoms. The minimum atomic E-state index is -0.938. The van der Waals surface area contributed by atoms with Gasteiger partial charge in [0.2, 0.25) is 0 Å². The summed E-state index contributed by atoms with van der Waals surface area (Å²) < 4.78 is 8.14. The fourth-order valence-corrected chi connectivity index (χ4v) is 0.259. The highest BCUT2D eigenvalue weighted by atomic mass is 16.7. The van der Waals surface area contributed by atoms with Crippen molar-refractivity contribution in [2.45, 2.75) is 13.3 Å². The van der Waals surface area contributed by atoms with Crippen molar-refractivity contribution in [3.63, 3.8) is 0 Å². The summed E-state index contributed by atoms with van der Waals surface area (Å²) in [5.74, 6) is 0. The highest BCUT2D eigenvalue weighted by molar-refractivity contribution is 5.69. The van der Waals surface area contributed by atoms with Crippen molar-refractivity contribution in [3.8, 4) is 0 Å². The second-order valence-electron chi connectivity index (χ2n) is 1.31. The first-order valence-corrected chi connectivity index (χ1v) is 2.58. The topological polar surface area (TPSA) is 52.6 Å². The first-order valence-electron chi connectivity index (χ1n) is 2.58. The first-order chi connectivity index (χ1) is 4.31. The highest BCUT2D eigenvalue weighted by Crippen LogP contribution is 1.83. The Labute approximate surface area is 52.7 Å². The van der Waals surface area contributed by atoms with E-state index in [0.717, 1.165) is 0 Å². The molecule has 0 aliphatic rings. The van der Waals surface area contributed by atoms with Gasteiger partial charge in [-0.05, 0) is 6.42 Å². The monoisotopic (exact) mass is 132 g/mol. The second kappa shape index (κ2) is 5.08. The SMILES string of the molecule is CCCOC(=O)OC=O. The van der Waals surface area contributed by atoms with Gasteiger partial charge in [-0.3, -0.25) is 4.79 Å². The fraction of sp³-hybridized carbons (Fsp3) is 0.600. The molecule has 0 atom stereocenters. The lowest BCUT2D eigenvalue weighted by atomic mass is 10.5. The maximum absolute atomic E-state index is 10.1. The molecule has 0 rings (SSSR count). The number of carbonyl (C=O) groups is 2. The Hall–Kier alpha value is -1.06. The fourth-order valence-electron chi connectivity index (χ4n) is 0.259. The van der Waals surface area contributed by atoms with E-state index in [4.69, 9.17) is 0 Å². The molecule has 52 valence electrons. The largest absolute Gasteiger partial charge is 0.515 e. The third kappa shape index (κ3) is 4.80. The van der Waals surface area contributed by atoms with Gasteiger partial charge >= 0.3 is 12.6 Å². The molecule has 0 radical (unpaired) electrons. The zero-order valence-corrected chi connectivity index (χ0v) is 5.12. The van der Waals surface area contributed by atoms with Gasteiger partial charge in [-0.15, -0.1) is 0 Å². The maximum atomic E-state index is 10.1. The minimum Gasteiger partial charge on any atom is -0.434 e. The van der Waals surface area contributed by atoms with Crippen molar-refractivity contribution in [2.24, 2.45) is 0 Å². The van der Waals surface area contributed by atoms with Crippen LogP contribution in [0.2, 0.25) is 0 Å². The number of carbonyl (C=O) groups excluding carboxylic acids is 2. The highest BCUT2D eigenvalue weighted by Gasteiger charge is 1.98. The van der Waals surface area contributed by atoms with E-state index in [1.807, 2.05) is 6.92 Å². The molecular formula is C5H8O4. The minimum absolute atomic E-state index is 0.0397. The lowest BCUT2D eigenvalue weighted by molar-refractivity contribution is -0.125. The molecule has 0 fully saturated rings. The number of rotatable bonds is 3. The van der Waals surface area contributed by atoms with Crippen molar-refractivity contribution in [2.75, 3.05) is 6.61 Å². The van der Waals surface area contributed by atoms with E-state index in [0.29, 0.717) is 6.42 Å². The Balaban J connectivity index is 3.16. The molecule has 0 saturated carbocycles. The summed E-state index contributed by atoms with van der Waals surface area (Å²) in [6, 6.07) is 0. The van der Waals surface area contributed by atoms with E-state index in [9.17, 15) is 9.59 Å². The van der Waals surface area contributed by atoms with Gasteiger partial charge in [-0.25, -0.2) is 4.79 Å². The van der Waals surface area contributed by atoms with Gasteiger partial charge in [-0.1, -0.05) is 6.92 Å². The third-order valence-electron chi connectivity index (χ3n) is 0.568. The summed E-state index contributed by atoms with van der Waals surface area (Å²) in [4.78, 5) is 19.6. The predicted octanol–water partition coefficient (Wildman–Crippen LogP) is 0.706. The van der Waals surface area contributed by atoms with Gasteiger partial charge in [-0.2, -0.15) is 0 Å². The Morgan fingerprint density at radius 2 is 2.33 bits per heavy atom.